The number of nitrogens with zero attached hydrogens (tertiary/aromatic N) is 6. The maximum atomic E-state index is 13.4. The second kappa shape index (κ2) is 6.77. The highest BCUT2D eigenvalue weighted by molar-refractivity contribution is 5.59. The first-order valence-electron chi connectivity index (χ1n) is 10.2. The summed E-state index contributed by atoms with van der Waals surface area (Å²) >= 11 is 0. The normalized spacial score (nSPS) is 20.1. The molecule has 8 heteroatoms. The summed E-state index contributed by atoms with van der Waals surface area (Å²) in [5.41, 5.74) is 3.69. The van der Waals surface area contributed by atoms with Crippen molar-refractivity contribution in [3.05, 3.63) is 77.5 Å². The Hall–Kier alpha value is -3.52. The lowest BCUT2D eigenvalue weighted by atomic mass is 9.84. The van der Waals surface area contributed by atoms with Crippen LogP contribution >= 0.6 is 0 Å². The Labute approximate surface area is 172 Å². The van der Waals surface area contributed by atoms with E-state index in [4.69, 9.17) is 0 Å². The summed E-state index contributed by atoms with van der Waals surface area (Å²) in [4.78, 5) is 18.0. The summed E-state index contributed by atoms with van der Waals surface area (Å²) in [6.07, 6.45) is 8.12. The Morgan fingerprint density at radius 2 is 1.90 bits per heavy atom. The van der Waals surface area contributed by atoms with Gasteiger partial charge in [0.15, 0.2) is 0 Å². The zero-order valence-corrected chi connectivity index (χ0v) is 16.3. The lowest BCUT2D eigenvalue weighted by Gasteiger charge is -2.37. The number of benzene rings is 1. The minimum atomic E-state index is 0.0477. The predicted octanol–water partition coefficient (Wildman–Crippen LogP) is 1.99. The van der Waals surface area contributed by atoms with E-state index in [0.29, 0.717) is 23.2 Å². The van der Waals surface area contributed by atoms with Crippen LogP contribution in [0.4, 0.5) is 0 Å². The molecule has 1 N–H and O–H groups in total. The molecule has 2 bridgehead atoms. The van der Waals surface area contributed by atoms with Crippen molar-refractivity contribution in [3.8, 4) is 22.8 Å². The number of imidazole rings is 1. The molecule has 2 aliphatic rings. The van der Waals surface area contributed by atoms with Gasteiger partial charge in [-0.05, 0) is 49.2 Å². The van der Waals surface area contributed by atoms with Crippen LogP contribution in [0.25, 0.3) is 22.8 Å². The third-order valence-electron chi connectivity index (χ3n) is 6.22. The van der Waals surface area contributed by atoms with Crippen LogP contribution in [0.15, 0.2) is 66.2 Å². The molecule has 5 heterocycles. The third kappa shape index (κ3) is 2.72. The Bertz CT molecular complexity index is 1270. The van der Waals surface area contributed by atoms with Gasteiger partial charge in [-0.1, -0.05) is 6.07 Å². The topological polar surface area (TPSA) is 82.6 Å². The maximum absolute atomic E-state index is 13.4. The predicted molar refractivity (Wildman–Crippen MR) is 112 cm³/mol. The lowest BCUT2D eigenvalue weighted by molar-refractivity contribution is 0.257. The van der Waals surface area contributed by atoms with Crippen LogP contribution in [0.1, 0.15) is 18.0 Å². The molecule has 0 radical (unpaired) electrons. The van der Waals surface area contributed by atoms with Crippen molar-refractivity contribution in [1.29, 1.82) is 0 Å². The third-order valence-corrected chi connectivity index (χ3v) is 6.22. The number of rotatable bonds is 3. The van der Waals surface area contributed by atoms with E-state index in [1.165, 1.54) is 0 Å². The van der Waals surface area contributed by atoms with Gasteiger partial charge in [0.2, 0.25) is 0 Å². The number of pyridine rings is 1. The van der Waals surface area contributed by atoms with Crippen molar-refractivity contribution >= 4 is 0 Å². The van der Waals surface area contributed by atoms with E-state index in [9.17, 15) is 4.79 Å². The van der Waals surface area contributed by atoms with Gasteiger partial charge >= 0.3 is 0 Å². The van der Waals surface area contributed by atoms with Crippen LogP contribution in [0, 0.1) is 5.92 Å². The van der Waals surface area contributed by atoms with Crippen LogP contribution in [0.2, 0.25) is 0 Å². The fourth-order valence-electron chi connectivity index (χ4n) is 4.81. The molecule has 0 amide bonds. The van der Waals surface area contributed by atoms with Crippen LogP contribution in [-0.4, -0.2) is 42.0 Å². The molecule has 0 spiro atoms. The lowest BCUT2D eigenvalue weighted by Crippen LogP contribution is -2.45. The van der Waals surface area contributed by atoms with Gasteiger partial charge in [0.1, 0.15) is 18.5 Å². The van der Waals surface area contributed by atoms with E-state index in [1.807, 2.05) is 50.2 Å². The van der Waals surface area contributed by atoms with E-state index >= 15 is 0 Å². The van der Waals surface area contributed by atoms with Crippen molar-refractivity contribution in [2.45, 2.75) is 18.9 Å². The first-order valence-corrected chi connectivity index (χ1v) is 10.2. The van der Waals surface area contributed by atoms with Gasteiger partial charge in [-0.3, -0.25) is 13.9 Å². The number of hydrogen-bond donors (Lipinski definition) is 1. The molecule has 0 saturated carbocycles. The molecule has 2 aliphatic heterocycles. The van der Waals surface area contributed by atoms with Crippen LogP contribution in [0.5, 0.6) is 0 Å². The molecule has 8 nitrogen and oxygen atoms in total. The number of hydrogen-bond acceptors (Lipinski definition) is 5. The molecule has 2 atom stereocenters. The van der Waals surface area contributed by atoms with Gasteiger partial charge in [0.25, 0.3) is 5.56 Å². The van der Waals surface area contributed by atoms with E-state index in [2.05, 4.69) is 26.6 Å². The van der Waals surface area contributed by atoms with Gasteiger partial charge in [-0.15, -0.1) is 10.2 Å². The number of aromatic nitrogens is 6. The van der Waals surface area contributed by atoms with Gasteiger partial charge in [0.05, 0.1) is 11.3 Å². The molecule has 1 aromatic carbocycles. The van der Waals surface area contributed by atoms with Crippen molar-refractivity contribution in [3.63, 3.8) is 0 Å². The molecule has 1 saturated heterocycles. The Kier molecular flexibility index (Phi) is 3.92. The van der Waals surface area contributed by atoms with Gasteiger partial charge in [0, 0.05) is 42.8 Å². The minimum absolute atomic E-state index is 0.0477. The fraction of sp³-hybridized carbons (Fsp3) is 0.273. The highest BCUT2D eigenvalue weighted by Gasteiger charge is 2.31. The molecule has 0 aliphatic carbocycles. The quantitative estimate of drug-likeness (QED) is 0.570. The van der Waals surface area contributed by atoms with Gasteiger partial charge in [-0.2, -0.15) is 0 Å². The smallest absolute Gasteiger partial charge is 0.261 e. The molecule has 150 valence electrons. The molecule has 6 rings (SSSR count). The number of piperidine rings is 1. The average Bonchev–Trinajstić information content (AvgIpc) is 3.47. The van der Waals surface area contributed by atoms with Crippen LogP contribution in [0.3, 0.4) is 0 Å². The van der Waals surface area contributed by atoms with Crippen molar-refractivity contribution in [2.24, 2.45) is 5.92 Å². The number of nitrogens with one attached hydrogen (secondary N) is 1. The summed E-state index contributed by atoms with van der Waals surface area (Å²) in [7, 11) is 0. The zero-order chi connectivity index (χ0) is 20.1. The summed E-state index contributed by atoms with van der Waals surface area (Å²) in [5, 5.41) is 11.2. The zero-order valence-electron chi connectivity index (χ0n) is 16.3. The van der Waals surface area contributed by atoms with Gasteiger partial charge in [-0.25, -0.2) is 4.98 Å². The highest BCUT2D eigenvalue weighted by Crippen LogP contribution is 2.32. The van der Waals surface area contributed by atoms with Gasteiger partial charge < -0.3 is 9.88 Å². The second-order valence-corrected chi connectivity index (χ2v) is 8.05. The molecule has 1 fully saturated rings. The molecular formula is C22H21N7O. The van der Waals surface area contributed by atoms with Crippen LogP contribution in [-0.2, 0) is 6.54 Å². The summed E-state index contributed by atoms with van der Waals surface area (Å²) in [6.45, 7) is 2.70. The van der Waals surface area contributed by atoms with Crippen molar-refractivity contribution in [2.75, 3.05) is 13.1 Å². The Morgan fingerprint density at radius 3 is 2.80 bits per heavy atom. The molecule has 3 aromatic heterocycles. The largest absolute Gasteiger partial charge is 0.316 e. The molecular weight excluding hydrogens is 378 g/mol. The Morgan fingerprint density at radius 1 is 1.03 bits per heavy atom. The fourth-order valence-corrected chi connectivity index (χ4v) is 4.81. The summed E-state index contributed by atoms with van der Waals surface area (Å²) in [6, 6.07) is 12.0. The minimum Gasteiger partial charge on any atom is -0.316 e. The van der Waals surface area contributed by atoms with E-state index in [1.54, 1.807) is 18.9 Å². The first kappa shape index (κ1) is 17.3. The summed E-state index contributed by atoms with van der Waals surface area (Å²) in [5.74, 6) is 1.59. The average molecular weight is 399 g/mol. The standard InChI is InChI=1S/C22H21N7O/c30-22-19(4-5-20-16-8-15(10-23-11-16)12-29(20)22)21-24-6-7-28(21)18-3-1-2-17(9-18)27-13-25-26-14-27/h1-7,9,13-16,23H,8,10-12H2/t15-,16+/m0/s1. The first-order chi connectivity index (χ1) is 14.8. The molecule has 0 unspecified atom stereocenters. The SMILES string of the molecule is O=c1c(-c2nccn2-c2cccc(-n3cnnc3)c2)ccc2n1C[C@@H]1CNC[C@H]2C1. The Balaban J connectivity index is 1.45. The van der Waals surface area contributed by atoms with E-state index in [0.717, 1.165) is 43.1 Å². The highest BCUT2D eigenvalue weighted by atomic mass is 16.1. The monoisotopic (exact) mass is 399 g/mol. The van der Waals surface area contributed by atoms with Crippen LogP contribution < -0.4 is 10.9 Å². The second-order valence-electron chi connectivity index (χ2n) is 8.05. The van der Waals surface area contributed by atoms with E-state index < -0.39 is 0 Å². The molecule has 4 aromatic rings. The maximum Gasteiger partial charge on any atom is 0.261 e. The van der Waals surface area contributed by atoms with Crippen molar-refractivity contribution < 1.29 is 0 Å². The van der Waals surface area contributed by atoms with E-state index in [-0.39, 0.29) is 5.56 Å². The molecule has 30 heavy (non-hydrogen) atoms. The van der Waals surface area contributed by atoms with Crippen molar-refractivity contribution in [1.82, 2.24) is 34.2 Å². The summed E-state index contributed by atoms with van der Waals surface area (Å²) < 4.78 is 5.78. The number of fused-ring (bicyclic) bond motifs is 4.